The van der Waals surface area contributed by atoms with E-state index in [4.69, 9.17) is 5.73 Å². The summed E-state index contributed by atoms with van der Waals surface area (Å²) in [6.45, 7) is 0. The molecule has 70 valence electrons. The van der Waals surface area contributed by atoms with Crippen LogP contribution >= 0.6 is 0 Å². The van der Waals surface area contributed by atoms with Gasteiger partial charge in [-0.3, -0.25) is 10.5 Å². The zero-order valence-electron chi connectivity index (χ0n) is 7.82. The molecule has 0 bridgehead atoms. The van der Waals surface area contributed by atoms with E-state index in [1.807, 2.05) is 36.0 Å². The first-order valence-electron chi connectivity index (χ1n) is 4.28. The van der Waals surface area contributed by atoms with Gasteiger partial charge in [-0.1, -0.05) is 6.08 Å². The Hall–Kier alpha value is -1.29. The van der Waals surface area contributed by atoms with Crippen LogP contribution in [0.2, 0.25) is 0 Å². The highest BCUT2D eigenvalue weighted by Gasteiger charge is 2.34. The van der Waals surface area contributed by atoms with E-state index in [1.165, 1.54) is 0 Å². The second-order valence-electron chi connectivity index (χ2n) is 3.40. The highest BCUT2D eigenvalue weighted by atomic mass is 16.1. The van der Waals surface area contributed by atoms with E-state index in [9.17, 15) is 4.79 Å². The Morgan fingerprint density at radius 2 is 2.15 bits per heavy atom. The van der Waals surface area contributed by atoms with Crippen LogP contribution < -0.4 is 5.73 Å². The molecule has 4 heteroatoms. The number of hydrogen-bond donors (Lipinski definition) is 1. The predicted octanol–water partition coefficient (Wildman–Crippen LogP) is -0.153. The molecule has 4 nitrogen and oxygen atoms in total. The molecule has 0 spiro atoms. The van der Waals surface area contributed by atoms with Gasteiger partial charge >= 0.3 is 0 Å². The maximum Gasteiger partial charge on any atom is 0.184 e. The van der Waals surface area contributed by atoms with E-state index in [0.717, 1.165) is 11.4 Å². The van der Waals surface area contributed by atoms with Crippen molar-refractivity contribution in [2.24, 2.45) is 5.73 Å². The molecule has 0 saturated heterocycles. The largest absolute Gasteiger partial charge is 0.340 e. The molecule has 1 atom stereocenters. The molecule has 1 aliphatic heterocycles. The maximum absolute atomic E-state index is 11.5. The van der Waals surface area contributed by atoms with Crippen molar-refractivity contribution in [2.75, 3.05) is 14.1 Å². The number of ketones is 1. The molecule has 0 aromatic carbocycles. The van der Waals surface area contributed by atoms with Crippen molar-refractivity contribution < 1.29 is 4.79 Å². The lowest BCUT2D eigenvalue weighted by Gasteiger charge is -2.24. The second kappa shape index (κ2) is 2.60. The molecule has 0 saturated carbocycles. The molecule has 2 N–H and O–H groups in total. The molecular weight excluding hydrogens is 166 g/mol. The van der Waals surface area contributed by atoms with Crippen LogP contribution in [0.15, 0.2) is 23.5 Å². The Bertz CT molecular complexity index is 319. The highest BCUT2D eigenvalue weighted by molar-refractivity contribution is 5.98. The zero-order valence-corrected chi connectivity index (χ0v) is 7.82. The fourth-order valence-electron chi connectivity index (χ4n) is 1.79. The number of allylic oxidation sites excluding steroid dienone is 3. The summed E-state index contributed by atoms with van der Waals surface area (Å²) in [5, 5.41) is 0. The first kappa shape index (κ1) is 8.31. The van der Waals surface area contributed by atoms with Crippen molar-refractivity contribution in [1.82, 2.24) is 9.80 Å². The second-order valence-corrected chi connectivity index (χ2v) is 3.40. The van der Waals surface area contributed by atoms with Gasteiger partial charge in [0.2, 0.25) is 0 Å². The average molecular weight is 179 g/mol. The van der Waals surface area contributed by atoms with Crippen LogP contribution in [0.1, 0.15) is 6.42 Å². The smallest absolute Gasteiger partial charge is 0.184 e. The monoisotopic (exact) mass is 179 g/mol. The summed E-state index contributed by atoms with van der Waals surface area (Å²) in [7, 11) is 3.74. The molecular formula is C9H13N3O. The number of Topliss-reactive ketones (excluding diaryl/α,β-unsaturated/α-hetero) is 1. The van der Waals surface area contributed by atoms with Gasteiger partial charge in [0.1, 0.15) is 5.70 Å². The first-order chi connectivity index (χ1) is 6.13. The van der Waals surface area contributed by atoms with E-state index in [2.05, 4.69) is 0 Å². The van der Waals surface area contributed by atoms with Crippen molar-refractivity contribution in [3.8, 4) is 0 Å². The summed E-state index contributed by atoms with van der Waals surface area (Å²) in [5.41, 5.74) is 7.55. The lowest BCUT2D eigenvalue weighted by atomic mass is 10.1. The molecule has 0 fully saturated rings. The van der Waals surface area contributed by atoms with Gasteiger partial charge in [0.15, 0.2) is 12.1 Å². The topological polar surface area (TPSA) is 49.6 Å². The number of carbonyl (C=O) groups excluding carboxylic acids is 1. The van der Waals surface area contributed by atoms with Gasteiger partial charge in [-0.05, 0) is 6.08 Å². The third-order valence-corrected chi connectivity index (χ3v) is 2.61. The number of carbonyl (C=O) groups is 1. The Balaban J connectivity index is 2.46. The van der Waals surface area contributed by atoms with E-state index >= 15 is 0 Å². The van der Waals surface area contributed by atoms with Crippen LogP contribution in [0.4, 0.5) is 0 Å². The third-order valence-electron chi connectivity index (χ3n) is 2.61. The van der Waals surface area contributed by atoms with Crippen LogP contribution in [0, 0.1) is 0 Å². The summed E-state index contributed by atoms with van der Waals surface area (Å²) >= 11 is 0. The summed E-state index contributed by atoms with van der Waals surface area (Å²) in [6, 6.07) is 0. The van der Waals surface area contributed by atoms with Crippen LogP contribution in [0.3, 0.4) is 0 Å². The Labute approximate surface area is 77.3 Å². The lowest BCUT2D eigenvalue weighted by Crippen LogP contribution is -2.44. The standard InChI is InChI=1S/C9H13N3O/c1-11-6-4-3-5-7(13)8(6)12(2)9(11)10/h3-4,9H,5,10H2,1-2H3. The molecule has 2 aliphatic rings. The first-order valence-corrected chi connectivity index (χ1v) is 4.28. The SMILES string of the molecule is CN1C2=C(C(=O)CC=C2)N(C)C1N. The normalized spacial score (nSPS) is 27.3. The van der Waals surface area contributed by atoms with Crippen molar-refractivity contribution in [1.29, 1.82) is 0 Å². The van der Waals surface area contributed by atoms with E-state index in [1.54, 1.807) is 0 Å². The number of nitrogens with zero attached hydrogens (tertiary/aromatic N) is 2. The van der Waals surface area contributed by atoms with Crippen molar-refractivity contribution in [3.63, 3.8) is 0 Å². The van der Waals surface area contributed by atoms with Gasteiger partial charge < -0.3 is 9.80 Å². The van der Waals surface area contributed by atoms with Gasteiger partial charge in [-0.15, -0.1) is 0 Å². The van der Waals surface area contributed by atoms with Crippen LogP contribution in [-0.4, -0.2) is 36.0 Å². The fourth-order valence-corrected chi connectivity index (χ4v) is 1.79. The Morgan fingerprint density at radius 1 is 1.46 bits per heavy atom. The number of hydrogen-bond acceptors (Lipinski definition) is 4. The summed E-state index contributed by atoms with van der Waals surface area (Å²) in [5.74, 6) is 0.153. The zero-order chi connectivity index (χ0) is 9.59. The number of rotatable bonds is 0. The highest BCUT2D eigenvalue weighted by Crippen LogP contribution is 2.28. The third kappa shape index (κ3) is 0.986. The fraction of sp³-hybridized carbons (Fsp3) is 0.444. The van der Waals surface area contributed by atoms with Gasteiger partial charge in [0, 0.05) is 20.5 Å². The maximum atomic E-state index is 11.5. The minimum atomic E-state index is -0.211. The van der Waals surface area contributed by atoms with Gasteiger partial charge in [-0.25, -0.2) is 0 Å². The minimum absolute atomic E-state index is 0.153. The van der Waals surface area contributed by atoms with Crippen LogP contribution in [0.25, 0.3) is 0 Å². The molecule has 0 amide bonds. The van der Waals surface area contributed by atoms with Gasteiger partial charge in [0.25, 0.3) is 0 Å². The summed E-state index contributed by atoms with van der Waals surface area (Å²) < 4.78 is 0. The average Bonchev–Trinajstić information content (AvgIpc) is 2.33. The number of nitrogens with two attached hydrogens (primary N) is 1. The quantitative estimate of drug-likeness (QED) is 0.561. The van der Waals surface area contributed by atoms with E-state index in [0.29, 0.717) is 6.42 Å². The molecule has 1 aliphatic carbocycles. The molecule has 2 rings (SSSR count). The predicted molar refractivity (Wildman–Crippen MR) is 49.3 cm³/mol. The molecule has 0 radical (unpaired) electrons. The summed E-state index contributed by atoms with van der Waals surface area (Å²) in [4.78, 5) is 15.3. The van der Waals surface area contributed by atoms with Crippen molar-refractivity contribution >= 4 is 5.78 Å². The van der Waals surface area contributed by atoms with Crippen molar-refractivity contribution in [3.05, 3.63) is 23.5 Å². The lowest BCUT2D eigenvalue weighted by molar-refractivity contribution is -0.116. The number of likely N-dealkylation sites (N-methyl/N-ethyl adjacent to an activating group) is 2. The molecule has 0 aromatic rings. The van der Waals surface area contributed by atoms with Crippen LogP contribution in [-0.2, 0) is 4.79 Å². The van der Waals surface area contributed by atoms with Crippen molar-refractivity contribution in [2.45, 2.75) is 12.7 Å². The van der Waals surface area contributed by atoms with Crippen LogP contribution in [0.5, 0.6) is 0 Å². The van der Waals surface area contributed by atoms with Gasteiger partial charge in [-0.2, -0.15) is 0 Å². The molecule has 0 aromatic heterocycles. The molecule has 13 heavy (non-hydrogen) atoms. The summed E-state index contributed by atoms with van der Waals surface area (Å²) in [6.07, 6.45) is 4.12. The Kier molecular flexibility index (Phi) is 1.66. The van der Waals surface area contributed by atoms with Gasteiger partial charge in [0.05, 0.1) is 5.70 Å². The molecule has 1 unspecified atom stereocenters. The Morgan fingerprint density at radius 3 is 2.77 bits per heavy atom. The molecule has 1 heterocycles. The minimum Gasteiger partial charge on any atom is -0.340 e. The van der Waals surface area contributed by atoms with E-state index < -0.39 is 0 Å². The van der Waals surface area contributed by atoms with E-state index in [-0.39, 0.29) is 12.1 Å².